The molecule has 2 heterocycles. The summed E-state index contributed by atoms with van der Waals surface area (Å²) in [4.78, 5) is 11.9. The highest BCUT2D eigenvalue weighted by Crippen LogP contribution is 2.20. The van der Waals surface area contributed by atoms with Crippen molar-refractivity contribution in [3.05, 3.63) is 21.0 Å². The number of hydrogen-bond acceptors (Lipinski definition) is 4. The van der Waals surface area contributed by atoms with Crippen molar-refractivity contribution in [2.24, 2.45) is 0 Å². The molecule has 1 aliphatic heterocycles. The van der Waals surface area contributed by atoms with Gasteiger partial charge in [-0.2, -0.15) is 5.10 Å². The van der Waals surface area contributed by atoms with Gasteiger partial charge in [-0.3, -0.25) is 9.00 Å². The van der Waals surface area contributed by atoms with Crippen LogP contribution in [0.4, 0.5) is 5.69 Å². The first-order chi connectivity index (χ1) is 8.61. The minimum atomic E-state index is -0.667. The first-order valence-electron chi connectivity index (χ1n) is 5.99. The molecule has 1 saturated heterocycles. The van der Waals surface area contributed by atoms with E-state index in [1.165, 1.54) is 4.68 Å². The van der Waals surface area contributed by atoms with Gasteiger partial charge in [0.2, 0.25) is 0 Å². The molecule has 0 atom stereocenters. The fourth-order valence-electron chi connectivity index (χ4n) is 1.95. The quantitative estimate of drug-likeness (QED) is 0.906. The van der Waals surface area contributed by atoms with Crippen LogP contribution in [0.5, 0.6) is 0 Å². The number of nitrogens with zero attached hydrogens (tertiary/aromatic N) is 2. The lowest BCUT2D eigenvalue weighted by molar-refractivity contribution is 0.604. The number of nitrogens with one attached hydrogen (secondary N) is 1. The molecule has 1 aliphatic rings. The average Bonchev–Trinajstić information content (AvgIpc) is 2.38. The average molecular weight is 334 g/mol. The zero-order valence-electron chi connectivity index (χ0n) is 10.2. The van der Waals surface area contributed by atoms with E-state index in [0.29, 0.717) is 11.0 Å². The fourth-order valence-corrected chi connectivity index (χ4v) is 3.67. The van der Waals surface area contributed by atoms with Crippen LogP contribution in [0.3, 0.4) is 0 Å². The van der Waals surface area contributed by atoms with Crippen LogP contribution in [-0.2, 0) is 17.3 Å². The van der Waals surface area contributed by atoms with E-state index in [2.05, 4.69) is 26.3 Å². The van der Waals surface area contributed by atoms with E-state index in [9.17, 15) is 9.00 Å². The van der Waals surface area contributed by atoms with Crippen LogP contribution >= 0.6 is 15.9 Å². The van der Waals surface area contributed by atoms with Crippen LogP contribution in [0.2, 0.25) is 0 Å². The van der Waals surface area contributed by atoms with Gasteiger partial charge < -0.3 is 5.32 Å². The Morgan fingerprint density at radius 1 is 1.56 bits per heavy atom. The van der Waals surface area contributed by atoms with Crippen LogP contribution in [0.1, 0.15) is 19.8 Å². The van der Waals surface area contributed by atoms with E-state index < -0.39 is 10.8 Å². The molecule has 0 bridgehead atoms. The molecule has 0 radical (unpaired) electrons. The Labute approximate surface area is 117 Å². The molecule has 0 aliphatic carbocycles. The maximum Gasteiger partial charge on any atom is 0.283 e. The highest BCUT2D eigenvalue weighted by atomic mass is 79.9. The molecule has 0 unspecified atom stereocenters. The highest BCUT2D eigenvalue weighted by Gasteiger charge is 2.19. The molecule has 2 rings (SSSR count). The summed E-state index contributed by atoms with van der Waals surface area (Å²) in [6.07, 6.45) is 3.41. The first-order valence-corrected chi connectivity index (χ1v) is 8.27. The number of hydrogen-bond donors (Lipinski definition) is 1. The van der Waals surface area contributed by atoms with Crippen LogP contribution in [0, 0.1) is 0 Å². The zero-order valence-corrected chi connectivity index (χ0v) is 12.6. The number of aromatic nitrogens is 2. The predicted octanol–water partition coefficient (Wildman–Crippen LogP) is 1.35. The number of anilines is 1. The Morgan fingerprint density at radius 3 is 2.83 bits per heavy atom. The Morgan fingerprint density at radius 2 is 2.22 bits per heavy atom. The van der Waals surface area contributed by atoms with Gasteiger partial charge in [-0.15, -0.1) is 0 Å². The Bertz CT molecular complexity index is 508. The lowest BCUT2D eigenvalue weighted by Gasteiger charge is -2.23. The summed E-state index contributed by atoms with van der Waals surface area (Å²) in [5.74, 6) is 1.46. The van der Waals surface area contributed by atoms with Gasteiger partial charge >= 0.3 is 0 Å². The summed E-state index contributed by atoms with van der Waals surface area (Å²) in [7, 11) is -0.667. The molecule has 18 heavy (non-hydrogen) atoms. The van der Waals surface area contributed by atoms with E-state index in [4.69, 9.17) is 0 Å². The van der Waals surface area contributed by atoms with Crippen molar-refractivity contribution in [2.75, 3.05) is 16.8 Å². The summed E-state index contributed by atoms with van der Waals surface area (Å²) in [6.45, 7) is 2.44. The third-order valence-electron chi connectivity index (χ3n) is 3.03. The van der Waals surface area contributed by atoms with Gasteiger partial charge in [-0.05, 0) is 35.7 Å². The maximum absolute atomic E-state index is 11.9. The Hall–Kier alpha value is -0.690. The van der Waals surface area contributed by atoms with Crippen LogP contribution < -0.4 is 10.9 Å². The second kappa shape index (κ2) is 5.97. The van der Waals surface area contributed by atoms with Gasteiger partial charge in [-0.25, -0.2) is 4.68 Å². The van der Waals surface area contributed by atoms with Gasteiger partial charge in [0.1, 0.15) is 4.47 Å². The van der Waals surface area contributed by atoms with E-state index >= 15 is 0 Å². The molecular formula is C11H16BrN3O2S. The van der Waals surface area contributed by atoms with Gasteiger partial charge in [0.05, 0.1) is 11.9 Å². The summed E-state index contributed by atoms with van der Waals surface area (Å²) < 4.78 is 13.2. The predicted molar refractivity (Wildman–Crippen MR) is 76.4 cm³/mol. The normalized spacial score (nSPS) is 23.9. The first kappa shape index (κ1) is 13.7. The van der Waals surface area contributed by atoms with Crippen molar-refractivity contribution < 1.29 is 4.21 Å². The number of halogens is 1. The molecular weight excluding hydrogens is 318 g/mol. The maximum atomic E-state index is 11.9. The number of aryl methyl sites for hydroxylation is 1. The summed E-state index contributed by atoms with van der Waals surface area (Å²) >= 11 is 3.31. The van der Waals surface area contributed by atoms with Crippen LogP contribution in [0.15, 0.2) is 15.5 Å². The van der Waals surface area contributed by atoms with Crippen molar-refractivity contribution >= 4 is 32.4 Å². The SMILES string of the molecule is CCn1ncc(NC2CCS(=O)CC2)c(Br)c1=O. The molecule has 1 fully saturated rings. The van der Waals surface area contributed by atoms with E-state index in [1.54, 1.807) is 6.20 Å². The highest BCUT2D eigenvalue weighted by molar-refractivity contribution is 9.10. The van der Waals surface area contributed by atoms with Gasteiger partial charge in [-0.1, -0.05) is 0 Å². The zero-order chi connectivity index (χ0) is 13.1. The third kappa shape index (κ3) is 3.00. The van der Waals surface area contributed by atoms with Crippen molar-refractivity contribution in [3.8, 4) is 0 Å². The van der Waals surface area contributed by atoms with Crippen molar-refractivity contribution in [2.45, 2.75) is 32.4 Å². The topological polar surface area (TPSA) is 64.0 Å². The second-order valence-electron chi connectivity index (χ2n) is 4.26. The van der Waals surface area contributed by atoms with E-state index in [0.717, 1.165) is 30.0 Å². The van der Waals surface area contributed by atoms with Crippen LogP contribution in [0.25, 0.3) is 0 Å². The minimum absolute atomic E-state index is 0.123. The summed E-state index contributed by atoms with van der Waals surface area (Å²) in [6, 6.07) is 0.276. The molecule has 1 aromatic heterocycles. The lowest BCUT2D eigenvalue weighted by Crippen LogP contribution is -2.31. The molecule has 5 nitrogen and oxygen atoms in total. The van der Waals surface area contributed by atoms with E-state index in [1.807, 2.05) is 6.92 Å². The second-order valence-corrected chi connectivity index (χ2v) is 6.75. The van der Waals surface area contributed by atoms with Crippen molar-refractivity contribution in [3.63, 3.8) is 0 Å². The number of rotatable bonds is 3. The molecule has 0 spiro atoms. The van der Waals surface area contributed by atoms with Crippen molar-refractivity contribution in [1.82, 2.24) is 9.78 Å². The largest absolute Gasteiger partial charge is 0.380 e. The molecule has 100 valence electrons. The summed E-state index contributed by atoms with van der Waals surface area (Å²) in [5, 5.41) is 7.39. The van der Waals surface area contributed by atoms with Crippen LogP contribution in [-0.4, -0.2) is 31.5 Å². The fraction of sp³-hybridized carbons (Fsp3) is 0.636. The standard InChI is InChI=1S/C11H16BrN3O2S/c1-2-15-11(16)10(12)9(7-13-15)14-8-3-5-18(17)6-4-8/h7-8,14H,2-6H2,1H3. The molecule has 7 heteroatoms. The molecule has 0 saturated carbocycles. The van der Waals surface area contributed by atoms with Gasteiger partial charge in [0.15, 0.2) is 0 Å². The van der Waals surface area contributed by atoms with Crippen molar-refractivity contribution in [1.29, 1.82) is 0 Å². The summed E-state index contributed by atoms with van der Waals surface area (Å²) in [5.41, 5.74) is 0.601. The Balaban J connectivity index is 2.12. The molecule has 1 N–H and O–H groups in total. The molecule has 1 aromatic rings. The Kier molecular flexibility index (Phi) is 4.55. The van der Waals surface area contributed by atoms with Gasteiger partial charge in [0, 0.05) is 34.9 Å². The minimum Gasteiger partial charge on any atom is -0.380 e. The lowest BCUT2D eigenvalue weighted by atomic mass is 10.1. The van der Waals surface area contributed by atoms with Gasteiger partial charge in [0.25, 0.3) is 5.56 Å². The molecule has 0 amide bonds. The molecule has 0 aromatic carbocycles. The third-order valence-corrected chi connectivity index (χ3v) is 5.18. The van der Waals surface area contributed by atoms with E-state index in [-0.39, 0.29) is 11.6 Å². The smallest absolute Gasteiger partial charge is 0.283 e. The monoisotopic (exact) mass is 333 g/mol.